The van der Waals surface area contributed by atoms with Gasteiger partial charge >= 0.3 is 6.18 Å². The Bertz CT molecular complexity index is 858. The van der Waals surface area contributed by atoms with Gasteiger partial charge in [-0.15, -0.1) is 0 Å². The molecule has 1 fully saturated rings. The summed E-state index contributed by atoms with van der Waals surface area (Å²) in [6.45, 7) is 0. The average molecular weight is 366 g/mol. The zero-order valence-corrected chi connectivity index (χ0v) is 13.3. The lowest BCUT2D eigenvalue weighted by molar-refractivity contribution is -0.137. The Morgan fingerprint density at radius 3 is 2.16 bits per heavy atom. The molecule has 0 atom stereocenters. The maximum absolute atomic E-state index is 13.0. The minimum absolute atomic E-state index is 0.106. The third kappa shape index (κ3) is 3.53. The van der Waals surface area contributed by atoms with E-state index in [4.69, 9.17) is 12.2 Å². The molecule has 1 saturated heterocycles. The number of thiocarbonyl (C=S) groups is 1. The van der Waals surface area contributed by atoms with Crippen molar-refractivity contribution in [2.24, 2.45) is 0 Å². The van der Waals surface area contributed by atoms with Crippen molar-refractivity contribution >= 4 is 35.0 Å². The Kier molecular flexibility index (Phi) is 4.30. The van der Waals surface area contributed by atoms with Crippen molar-refractivity contribution in [1.82, 2.24) is 5.32 Å². The van der Waals surface area contributed by atoms with Gasteiger partial charge in [0, 0.05) is 0 Å². The summed E-state index contributed by atoms with van der Waals surface area (Å²) in [6.07, 6.45) is -3.02. The third-order valence-corrected chi connectivity index (χ3v) is 3.80. The maximum atomic E-state index is 13.0. The number of hydrogen-bond acceptors (Lipinski definition) is 2. The number of carbonyl (C=O) groups is 1. The lowest BCUT2D eigenvalue weighted by Crippen LogP contribution is -2.30. The van der Waals surface area contributed by atoms with Gasteiger partial charge in [-0.1, -0.05) is 12.1 Å². The summed E-state index contributed by atoms with van der Waals surface area (Å²) >= 11 is 5.11. The molecule has 0 spiro atoms. The van der Waals surface area contributed by atoms with Gasteiger partial charge in [-0.05, 0) is 60.3 Å². The lowest BCUT2D eigenvalue weighted by atomic mass is 10.1. The number of nitrogens with zero attached hydrogens (tertiary/aromatic N) is 1. The van der Waals surface area contributed by atoms with E-state index >= 15 is 0 Å². The Labute approximate surface area is 145 Å². The molecule has 8 heteroatoms. The molecule has 2 aromatic carbocycles. The van der Waals surface area contributed by atoms with E-state index in [1.807, 2.05) is 0 Å². The van der Waals surface area contributed by atoms with E-state index in [0.29, 0.717) is 11.3 Å². The predicted molar refractivity (Wildman–Crippen MR) is 89.0 cm³/mol. The molecule has 0 aliphatic carbocycles. The van der Waals surface area contributed by atoms with E-state index in [9.17, 15) is 22.4 Å². The Balaban J connectivity index is 1.86. The number of carbonyl (C=O) groups excluding carboxylic acids is 1. The summed E-state index contributed by atoms with van der Waals surface area (Å²) in [5.74, 6) is -0.925. The molecule has 25 heavy (non-hydrogen) atoms. The third-order valence-electron chi connectivity index (χ3n) is 3.51. The fourth-order valence-electron chi connectivity index (χ4n) is 2.29. The summed E-state index contributed by atoms with van der Waals surface area (Å²) in [6, 6.07) is 9.59. The highest BCUT2D eigenvalue weighted by Gasteiger charge is 2.32. The van der Waals surface area contributed by atoms with Crippen LogP contribution >= 0.6 is 12.2 Å². The Morgan fingerprint density at radius 1 is 1.00 bits per heavy atom. The molecule has 1 aliphatic rings. The van der Waals surface area contributed by atoms with Gasteiger partial charge in [0.05, 0.1) is 11.3 Å². The van der Waals surface area contributed by atoms with Crippen LogP contribution in [0.2, 0.25) is 0 Å². The number of anilines is 1. The van der Waals surface area contributed by atoms with Crippen LogP contribution in [0.3, 0.4) is 0 Å². The van der Waals surface area contributed by atoms with Crippen LogP contribution in [-0.4, -0.2) is 11.0 Å². The second kappa shape index (κ2) is 6.29. The van der Waals surface area contributed by atoms with Crippen molar-refractivity contribution in [1.29, 1.82) is 0 Å². The number of alkyl halides is 3. The van der Waals surface area contributed by atoms with Crippen LogP contribution in [0.25, 0.3) is 6.08 Å². The molecule has 0 unspecified atom stereocenters. The zero-order chi connectivity index (χ0) is 18.2. The van der Waals surface area contributed by atoms with E-state index in [1.165, 1.54) is 47.4 Å². The minimum atomic E-state index is -4.42. The number of benzene rings is 2. The zero-order valence-electron chi connectivity index (χ0n) is 12.5. The highest BCUT2D eigenvalue weighted by atomic mass is 32.1. The smallest absolute Gasteiger partial charge is 0.327 e. The first-order valence-electron chi connectivity index (χ1n) is 7.06. The number of halogens is 4. The van der Waals surface area contributed by atoms with Crippen molar-refractivity contribution in [2.75, 3.05) is 4.90 Å². The summed E-state index contributed by atoms with van der Waals surface area (Å²) in [5, 5.41) is 2.82. The SMILES string of the molecule is O=C1/C(=C\c2ccc(C(F)(F)F)cc2)NC(=S)N1c1ccc(F)cc1. The quantitative estimate of drug-likeness (QED) is 0.493. The summed E-state index contributed by atoms with van der Waals surface area (Å²) < 4.78 is 50.7. The topological polar surface area (TPSA) is 32.3 Å². The van der Waals surface area contributed by atoms with Gasteiger partial charge in [0.2, 0.25) is 0 Å². The number of amides is 1. The predicted octanol–water partition coefficient (Wildman–Crippen LogP) is 4.11. The standard InChI is InChI=1S/C17H10F4N2OS/c18-12-5-7-13(8-6-12)23-15(24)14(22-16(23)25)9-10-1-3-11(4-2-10)17(19,20)21/h1-9H,(H,22,25)/b14-9+. The van der Waals surface area contributed by atoms with Gasteiger partial charge in [-0.2, -0.15) is 13.2 Å². The van der Waals surface area contributed by atoms with E-state index in [2.05, 4.69) is 5.32 Å². The molecule has 2 aromatic rings. The molecule has 0 aromatic heterocycles. The molecule has 0 radical (unpaired) electrons. The van der Waals surface area contributed by atoms with E-state index in [0.717, 1.165) is 12.1 Å². The van der Waals surface area contributed by atoms with E-state index < -0.39 is 23.5 Å². The van der Waals surface area contributed by atoms with Gasteiger partial charge in [-0.25, -0.2) is 4.39 Å². The van der Waals surface area contributed by atoms with Gasteiger partial charge in [-0.3, -0.25) is 9.69 Å². The Hall–Kier alpha value is -2.74. The summed E-state index contributed by atoms with van der Waals surface area (Å²) in [4.78, 5) is 13.7. The molecular weight excluding hydrogens is 356 g/mol. The number of rotatable bonds is 2. The second-order valence-electron chi connectivity index (χ2n) is 5.22. The normalized spacial score (nSPS) is 16.5. The molecule has 3 rings (SSSR count). The first-order valence-corrected chi connectivity index (χ1v) is 7.46. The van der Waals surface area contributed by atoms with Crippen LogP contribution in [0.1, 0.15) is 11.1 Å². The van der Waals surface area contributed by atoms with Crippen LogP contribution in [0, 0.1) is 5.82 Å². The van der Waals surface area contributed by atoms with Crippen LogP contribution in [0.15, 0.2) is 54.2 Å². The number of hydrogen-bond donors (Lipinski definition) is 1. The highest BCUT2D eigenvalue weighted by molar-refractivity contribution is 7.80. The van der Waals surface area contributed by atoms with Crippen molar-refractivity contribution in [2.45, 2.75) is 6.18 Å². The van der Waals surface area contributed by atoms with Crippen LogP contribution in [0.4, 0.5) is 23.2 Å². The van der Waals surface area contributed by atoms with Crippen molar-refractivity contribution in [3.05, 3.63) is 71.2 Å². The summed E-state index contributed by atoms with van der Waals surface area (Å²) in [7, 11) is 0. The van der Waals surface area contributed by atoms with Gasteiger partial charge in [0.1, 0.15) is 11.5 Å². The number of nitrogens with one attached hydrogen (secondary N) is 1. The molecule has 0 saturated carbocycles. The highest BCUT2D eigenvalue weighted by Crippen LogP contribution is 2.29. The first kappa shape index (κ1) is 17.1. The van der Waals surface area contributed by atoms with Gasteiger partial charge in [0.15, 0.2) is 5.11 Å². The van der Waals surface area contributed by atoms with Crippen molar-refractivity contribution in [3.63, 3.8) is 0 Å². The second-order valence-corrected chi connectivity index (χ2v) is 5.61. The van der Waals surface area contributed by atoms with Crippen molar-refractivity contribution < 1.29 is 22.4 Å². The van der Waals surface area contributed by atoms with Crippen LogP contribution in [0.5, 0.6) is 0 Å². The summed E-state index contributed by atoms with van der Waals surface area (Å²) in [5.41, 5.74) is 0.144. The molecule has 1 aliphatic heterocycles. The minimum Gasteiger partial charge on any atom is -0.327 e. The van der Waals surface area contributed by atoms with E-state index in [1.54, 1.807) is 0 Å². The molecule has 128 valence electrons. The van der Waals surface area contributed by atoms with E-state index in [-0.39, 0.29) is 10.8 Å². The largest absolute Gasteiger partial charge is 0.416 e. The molecular formula is C17H10F4N2OS. The maximum Gasteiger partial charge on any atom is 0.416 e. The molecule has 1 N–H and O–H groups in total. The first-order chi connectivity index (χ1) is 11.8. The molecule has 1 amide bonds. The average Bonchev–Trinajstić information content (AvgIpc) is 2.82. The molecule has 0 bridgehead atoms. The van der Waals surface area contributed by atoms with Crippen LogP contribution < -0.4 is 10.2 Å². The fraction of sp³-hybridized carbons (Fsp3) is 0.0588. The van der Waals surface area contributed by atoms with Gasteiger partial charge < -0.3 is 5.32 Å². The van der Waals surface area contributed by atoms with Gasteiger partial charge in [0.25, 0.3) is 5.91 Å². The monoisotopic (exact) mass is 366 g/mol. The molecule has 1 heterocycles. The lowest BCUT2D eigenvalue weighted by Gasteiger charge is -2.13. The van der Waals surface area contributed by atoms with Crippen LogP contribution in [-0.2, 0) is 11.0 Å². The Morgan fingerprint density at radius 2 is 1.60 bits per heavy atom. The van der Waals surface area contributed by atoms with Crippen molar-refractivity contribution in [3.8, 4) is 0 Å². The molecule has 3 nitrogen and oxygen atoms in total. The fourth-order valence-corrected chi connectivity index (χ4v) is 2.59.